The fraction of sp³-hybridized carbons (Fsp3) is 0.657. The zero-order valence-corrected chi connectivity index (χ0v) is 29.2. The molecule has 0 spiro atoms. The van der Waals surface area contributed by atoms with Crippen LogP contribution in [-0.4, -0.2) is 108 Å². The Morgan fingerprint density at radius 3 is 2.04 bits per heavy atom. The van der Waals surface area contributed by atoms with Crippen LogP contribution in [0, 0.1) is 17.8 Å². The molecule has 0 saturated carbocycles. The van der Waals surface area contributed by atoms with Crippen LogP contribution < -0.4 is 10.6 Å². The zero-order chi connectivity index (χ0) is 35.0. The van der Waals surface area contributed by atoms with E-state index in [0.29, 0.717) is 19.4 Å². The first-order chi connectivity index (χ1) is 22.1. The number of amides is 5. The fourth-order valence-electron chi connectivity index (χ4n) is 6.57. The third-order valence-corrected chi connectivity index (χ3v) is 8.93. The molecule has 2 heterocycles. The van der Waals surface area contributed by atoms with Gasteiger partial charge in [0.2, 0.25) is 23.6 Å². The minimum absolute atomic E-state index is 0.00157. The van der Waals surface area contributed by atoms with Crippen molar-refractivity contribution in [3.63, 3.8) is 0 Å². The lowest BCUT2D eigenvalue weighted by atomic mass is 9.95. The van der Waals surface area contributed by atoms with Crippen LogP contribution >= 0.6 is 0 Å². The fourth-order valence-corrected chi connectivity index (χ4v) is 6.57. The molecule has 2 saturated heterocycles. The molecule has 47 heavy (non-hydrogen) atoms. The van der Waals surface area contributed by atoms with Gasteiger partial charge in [0.25, 0.3) is 5.91 Å². The molecule has 0 aliphatic carbocycles. The van der Waals surface area contributed by atoms with Crippen molar-refractivity contribution in [1.82, 2.24) is 25.3 Å². The number of hydrogen-bond acceptors (Lipinski definition) is 7. The second-order valence-corrected chi connectivity index (χ2v) is 13.9. The zero-order valence-electron chi connectivity index (χ0n) is 29.2. The first-order valence-electron chi connectivity index (χ1n) is 16.8. The van der Waals surface area contributed by atoms with Crippen LogP contribution in [0.15, 0.2) is 30.3 Å². The number of fused-ring (bicyclic) bond motifs is 1. The van der Waals surface area contributed by atoms with E-state index in [1.54, 1.807) is 0 Å². The van der Waals surface area contributed by atoms with E-state index in [1.165, 1.54) is 28.8 Å². The molecule has 12 nitrogen and oxygen atoms in total. The van der Waals surface area contributed by atoms with Gasteiger partial charge in [-0.1, -0.05) is 71.9 Å². The highest BCUT2D eigenvalue weighted by Gasteiger charge is 2.42. The highest BCUT2D eigenvalue weighted by atomic mass is 16.6. The molecule has 2 aliphatic rings. The lowest BCUT2D eigenvalue weighted by molar-refractivity contribution is -0.168. The smallest absolute Gasteiger partial charge is 0.329 e. The molecule has 2 aliphatic heterocycles. The monoisotopic (exact) mass is 655 g/mol. The van der Waals surface area contributed by atoms with E-state index in [0.717, 1.165) is 5.56 Å². The average molecular weight is 656 g/mol. The van der Waals surface area contributed by atoms with Crippen LogP contribution in [0.25, 0.3) is 0 Å². The Kier molecular flexibility index (Phi) is 13.4. The Morgan fingerprint density at radius 1 is 0.830 bits per heavy atom. The maximum Gasteiger partial charge on any atom is 0.329 e. The van der Waals surface area contributed by atoms with E-state index in [-0.39, 0.29) is 49.5 Å². The van der Waals surface area contributed by atoms with E-state index >= 15 is 0 Å². The van der Waals surface area contributed by atoms with Crippen molar-refractivity contribution in [2.45, 2.75) is 104 Å². The second kappa shape index (κ2) is 16.7. The lowest BCUT2D eigenvalue weighted by Crippen LogP contribution is -2.60. The predicted octanol–water partition coefficient (Wildman–Crippen LogP) is 2.15. The number of carbonyl (C=O) groups excluding carboxylic acids is 6. The molecule has 3 rings (SSSR count). The topological polar surface area (TPSA) is 145 Å². The number of carbonyl (C=O) groups is 6. The third-order valence-electron chi connectivity index (χ3n) is 8.93. The summed E-state index contributed by atoms with van der Waals surface area (Å²) >= 11 is 0. The number of nitrogens with zero attached hydrogens (tertiary/aromatic N) is 3. The van der Waals surface area contributed by atoms with Crippen LogP contribution in [0.4, 0.5) is 0 Å². The van der Waals surface area contributed by atoms with E-state index in [2.05, 4.69) is 10.6 Å². The summed E-state index contributed by atoms with van der Waals surface area (Å²) in [4.78, 5) is 86.5. The Balaban J connectivity index is 2.05. The molecular weight excluding hydrogens is 602 g/mol. The molecule has 260 valence electrons. The predicted molar refractivity (Wildman–Crippen MR) is 177 cm³/mol. The molecule has 0 radical (unpaired) electrons. The quantitative estimate of drug-likeness (QED) is 0.447. The first-order valence-corrected chi connectivity index (χ1v) is 16.8. The molecule has 0 bridgehead atoms. The van der Waals surface area contributed by atoms with Gasteiger partial charge in [-0.15, -0.1) is 0 Å². The Hall–Kier alpha value is -3.96. The molecule has 0 aromatic heterocycles. The summed E-state index contributed by atoms with van der Waals surface area (Å²) in [5.41, 5.74) is 0.822. The number of rotatable bonds is 6. The van der Waals surface area contributed by atoms with Gasteiger partial charge in [0.15, 0.2) is 6.10 Å². The van der Waals surface area contributed by atoms with Gasteiger partial charge in [-0.3, -0.25) is 24.0 Å². The van der Waals surface area contributed by atoms with Crippen LogP contribution in [0.2, 0.25) is 0 Å². The molecule has 12 heteroatoms. The van der Waals surface area contributed by atoms with Crippen LogP contribution in [0.5, 0.6) is 0 Å². The Labute approximate surface area is 278 Å². The van der Waals surface area contributed by atoms with Crippen molar-refractivity contribution in [1.29, 1.82) is 0 Å². The summed E-state index contributed by atoms with van der Waals surface area (Å²) in [7, 11) is 3.04. The van der Waals surface area contributed by atoms with Crippen molar-refractivity contribution in [2.24, 2.45) is 17.8 Å². The van der Waals surface area contributed by atoms with Crippen molar-refractivity contribution in [2.75, 3.05) is 27.2 Å². The van der Waals surface area contributed by atoms with Crippen LogP contribution in [0.1, 0.15) is 72.8 Å². The molecule has 0 unspecified atom stereocenters. The number of benzene rings is 1. The lowest BCUT2D eigenvalue weighted by Gasteiger charge is -2.38. The summed E-state index contributed by atoms with van der Waals surface area (Å²) in [6, 6.07) is 5.49. The normalized spacial score (nSPS) is 26.2. The summed E-state index contributed by atoms with van der Waals surface area (Å²) in [5.74, 6) is -3.63. The minimum atomic E-state index is -1.16. The van der Waals surface area contributed by atoms with Crippen LogP contribution in [0.3, 0.4) is 0 Å². The highest BCUT2D eigenvalue weighted by Crippen LogP contribution is 2.24. The van der Waals surface area contributed by atoms with Crippen molar-refractivity contribution >= 4 is 35.5 Å². The van der Waals surface area contributed by atoms with E-state index in [4.69, 9.17) is 4.74 Å². The van der Waals surface area contributed by atoms with Gasteiger partial charge < -0.3 is 30.1 Å². The van der Waals surface area contributed by atoms with E-state index in [9.17, 15) is 28.8 Å². The maximum absolute atomic E-state index is 14.2. The van der Waals surface area contributed by atoms with Gasteiger partial charge in [-0.25, -0.2) is 4.79 Å². The first kappa shape index (κ1) is 37.5. The van der Waals surface area contributed by atoms with E-state index < -0.39 is 59.9 Å². The van der Waals surface area contributed by atoms with Crippen molar-refractivity contribution in [3.05, 3.63) is 35.9 Å². The van der Waals surface area contributed by atoms with Crippen molar-refractivity contribution < 1.29 is 33.5 Å². The molecule has 2 N–H and O–H groups in total. The minimum Gasteiger partial charge on any atom is -0.451 e. The third kappa shape index (κ3) is 9.54. The van der Waals surface area contributed by atoms with Gasteiger partial charge in [0.05, 0.1) is 0 Å². The van der Waals surface area contributed by atoms with E-state index in [1.807, 2.05) is 71.9 Å². The summed E-state index contributed by atoms with van der Waals surface area (Å²) in [6.45, 7) is 11.4. The van der Waals surface area contributed by atoms with Gasteiger partial charge >= 0.3 is 5.97 Å². The maximum atomic E-state index is 14.2. The Morgan fingerprint density at radius 2 is 1.45 bits per heavy atom. The summed E-state index contributed by atoms with van der Waals surface area (Å²) in [6.07, 6.45) is 0.205. The van der Waals surface area contributed by atoms with Crippen molar-refractivity contribution in [3.8, 4) is 0 Å². The number of cyclic esters (lactones) is 1. The molecule has 2 fully saturated rings. The molecular formula is C35H53N5O7. The number of esters is 1. The number of hydrogen-bond donors (Lipinski definition) is 2. The largest absolute Gasteiger partial charge is 0.451 e. The Bertz CT molecular complexity index is 1280. The summed E-state index contributed by atoms with van der Waals surface area (Å²) in [5, 5.41) is 5.66. The van der Waals surface area contributed by atoms with Gasteiger partial charge in [-0.05, 0) is 42.6 Å². The summed E-state index contributed by atoms with van der Waals surface area (Å²) < 4.78 is 5.84. The molecule has 1 aromatic carbocycles. The molecule has 5 amide bonds. The van der Waals surface area contributed by atoms with Gasteiger partial charge in [0, 0.05) is 40.0 Å². The van der Waals surface area contributed by atoms with Gasteiger partial charge in [0.1, 0.15) is 24.2 Å². The molecule has 1 aromatic rings. The molecule has 5 atom stereocenters. The van der Waals surface area contributed by atoms with Gasteiger partial charge in [-0.2, -0.15) is 0 Å². The number of likely N-dealkylation sites (N-methyl/N-ethyl adjacent to an activating group) is 2. The second-order valence-electron chi connectivity index (χ2n) is 13.9. The van der Waals surface area contributed by atoms with Crippen LogP contribution in [-0.2, 0) is 39.9 Å². The SMILES string of the molecule is CC(C)C[C@@H]1OC(=O)[C@@H]2CCCN2C(=O)CCNC(=O)[C@H](Cc2ccccc2)NC(=O)[C@H](C(C)C)N(C)C(=O)[C@@H](C(C)C)N(C)C1=O. The highest BCUT2D eigenvalue weighted by molar-refractivity contribution is 5.95. The standard InChI is InChI=1S/C35H53N5O7/c1-21(2)19-27-33(44)39(8)30(23(5)6)34(45)38(7)29(22(3)4)32(43)37-25(20-24-13-10-9-11-14-24)31(42)36-17-16-28(41)40-18-12-15-26(40)35(46)47-27/h9-11,13-14,21-23,25-27,29-30H,12,15-20H2,1-8H3,(H,36,42)(H,37,43)/t25-,26-,27-,29-,30+/m0/s1. The average Bonchev–Trinajstić information content (AvgIpc) is 3.50. The number of ether oxygens (including phenoxy) is 1. The number of nitrogens with one attached hydrogen (secondary N) is 2.